The number of amides is 1. The van der Waals surface area contributed by atoms with E-state index < -0.39 is 17.9 Å². The molecule has 36 heavy (non-hydrogen) atoms. The van der Waals surface area contributed by atoms with Gasteiger partial charge in [0, 0.05) is 23.1 Å². The molecule has 1 aromatic heterocycles. The van der Waals surface area contributed by atoms with Crippen molar-refractivity contribution in [3.8, 4) is 17.1 Å². The van der Waals surface area contributed by atoms with Crippen LogP contribution in [0.1, 0.15) is 16.9 Å². The number of rotatable bonds is 10. The van der Waals surface area contributed by atoms with Crippen molar-refractivity contribution in [3.63, 3.8) is 0 Å². The van der Waals surface area contributed by atoms with E-state index in [0.717, 1.165) is 16.7 Å². The van der Waals surface area contributed by atoms with E-state index in [-0.39, 0.29) is 6.42 Å². The van der Waals surface area contributed by atoms with Gasteiger partial charge < -0.3 is 19.6 Å². The highest BCUT2D eigenvalue weighted by molar-refractivity contribution is 6.30. The monoisotopic (exact) mass is 501 g/mol. The molecule has 1 amide bonds. The van der Waals surface area contributed by atoms with Gasteiger partial charge in [-0.15, -0.1) is 0 Å². The Morgan fingerprint density at radius 1 is 0.917 bits per heavy atom. The largest absolute Gasteiger partial charge is 0.489 e. The molecule has 7 heteroatoms. The predicted octanol–water partition coefficient (Wildman–Crippen LogP) is 6.00. The first kappa shape index (κ1) is 24.8. The Morgan fingerprint density at radius 2 is 1.64 bits per heavy atom. The molecule has 1 atom stereocenters. The quantitative estimate of drug-likeness (QED) is 0.260. The number of hydrogen-bond donors (Lipinski definition) is 2. The highest BCUT2D eigenvalue weighted by atomic mass is 35.5. The number of carboxylic acids is 1. The van der Waals surface area contributed by atoms with Crippen LogP contribution in [0.3, 0.4) is 0 Å². The first-order valence-corrected chi connectivity index (χ1v) is 11.7. The number of carboxylic acid groups (broad SMARTS) is 1. The number of hydrogen-bond acceptors (Lipinski definition) is 4. The van der Waals surface area contributed by atoms with Gasteiger partial charge in [0.15, 0.2) is 0 Å². The molecule has 0 radical (unpaired) electrons. The SMILES string of the molecule is O=C(/C=C/c1ccc(-c2ccc(Cl)cc2)o1)NC(Cc1ccc(OCc2ccccc2)cc1)C(=O)O. The molecule has 3 aromatic carbocycles. The lowest BCUT2D eigenvalue weighted by molar-refractivity contribution is -0.141. The van der Waals surface area contributed by atoms with E-state index in [9.17, 15) is 14.7 Å². The van der Waals surface area contributed by atoms with Crippen LogP contribution >= 0.6 is 11.6 Å². The fourth-order valence-corrected chi connectivity index (χ4v) is 3.61. The van der Waals surface area contributed by atoms with Gasteiger partial charge >= 0.3 is 5.97 Å². The van der Waals surface area contributed by atoms with E-state index in [2.05, 4.69) is 5.32 Å². The molecule has 0 aliphatic rings. The van der Waals surface area contributed by atoms with Crippen molar-refractivity contribution < 1.29 is 23.8 Å². The second-order valence-electron chi connectivity index (χ2n) is 8.06. The predicted molar refractivity (Wildman–Crippen MR) is 139 cm³/mol. The lowest BCUT2D eigenvalue weighted by Gasteiger charge is -2.14. The summed E-state index contributed by atoms with van der Waals surface area (Å²) in [4.78, 5) is 24.1. The lowest BCUT2D eigenvalue weighted by atomic mass is 10.1. The Bertz CT molecular complexity index is 1330. The molecule has 0 aliphatic heterocycles. The summed E-state index contributed by atoms with van der Waals surface area (Å²) in [5, 5.41) is 12.7. The molecule has 1 heterocycles. The summed E-state index contributed by atoms with van der Waals surface area (Å²) < 4.78 is 11.5. The Hall–Kier alpha value is -4.29. The summed E-state index contributed by atoms with van der Waals surface area (Å²) in [6, 6.07) is 26.6. The van der Waals surface area contributed by atoms with Crippen molar-refractivity contribution in [3.05, 3.63) is 119 Å². The van der Waals surface area contributed by atoms with Crippen molar-refractivity contribution in [2.45, 2.75) is 19.1 Å². The standard InChI is InChI=1S/C29H24ClNO5/c30-23-10-8-22(9-11-23)27-16-14-25(36-27)15-17-28(32)31-26(29(33)34)18-20-6-12-24(13-7-20)35-19-21-4-2-1-3-5-21/h1-17,26H,18-19H2,(H,31,32)(H,33,34)/b17-15+. The van der Waals surface area contributed by atoms with Gasteiger partial charge in [-0.1, -0.05) is 54.1 Å². The van der Waals surface area contributed by atoms with Gasteiger partial charge in [0.05, 0.1) is 0 Å². The van der Waals surface area contributed by atoms with Crippen molar-refractivity contribution in [2.24, 2.45) is 0 Å². The van der Waals surface area contributed by atoms with Gasteiger partial charge in [0.25, 0.3) is 0 Å². The highest BCUT2D eigenvalue weighted by Crippen LogP contribution is 2.24. The Morgan fingerprint density at radius 3 is 2.33 bits per heavy atom. The van der Waals surface area contributed by atoms with Gasteiger partial charge in [-0.05, 0) is 65.7 Å². The zero-order chi connectivity index (χ0) is 25.3. The van der Waals surface area contributed by atoms with Crippen LogP contribution in [-0.2, 0) is 22.6 Å². The number of carbonyl (C=O) groups is 2. The van der Waals surface area contributed by atoms with E-state index in [1.165, 1.54) is 12.2 Å². The van der Waals surface area contributed by atoms with Gasteiger partial charge in [0.1, 0.15) is 29.9 Å². The number of nitrogens with one attached hydrogen (secondary N) is 1. The number of furan rings is 1. The third kappa shape index (κ3) is 7.10. The highest BCUT2D eigenvalue weighted by Gasteiger charge is 2.19. The Labute approximate surface area is 213 Å². The van der Waals surface area contributed by atoms with Gasteiger partial charge in [-0.2, -0.15) is 0 Å². The average molecular weight is 502 g/mol. The number of halogens is 1. The number of carbonyl (C=O) groups excluding carboxylic acids is 1. The minimum absolute atomic E-state index is 0.134. The van der Waals surface area contributed by atoms with E-state index in [4.69, 9.17) is 20.8 Å². The first-order chi connectivity index (χ1) is 17.5. The molecule has 0 aliphatic carbocycles. The van der Waals surface area contributed by atoms with Crippen LogP contribution in [0.5, 0.6) is 5.75 Å². The zero-order valence-corrected chi connectivity index (χ0v) is 20.0. The topological polar surface area (TPSA) is 88.8 Å². The second-order valence-corrected chi connectivity index (χ2v) is 8.50. The Balaban J connectivity index is 1.31. The molecule has 0 spiro atoms. The summed E-state index contributed by atoms with van der Waals surface area (Å²) >= 11 is 5.91. The molecule has 0 bridgehead atoms. The summed E-state index contributed by atoms with van der Waals surface area (Å²) in [7, 11) is 0. The molecule has 4 aromatic rings. The lowest BCUT2D eigenvalue weighted by Crippen LogP contribution is -2.41. The average Bonchev–Trinajstić information content (AvgIpc) is 3.37. The first-order valence-electron chi connectivity index (χ1n) is 11.3. The van der Waals surface area contributed by atoms with E-state index in [0.29, 0.717) is 28.9 Å². The summed E-state index contributed by atoms with van der Waals surface area (Å²) in [5.41, 5.74) is 2.67. The van der Waals surface area contributed by atoms with Crippen LogP contribution in [-0.4, -0.2) is 23.0 Å². The molecule has 6 nitrogen and oxygen atoms in total. The van der Waals surface area contributed by atoms with Crippen molar-refractivity contribution in [1.29, 1.82) is 0 Å². The maximum atomic E-state index is 12.4. The summed E-state index contributed by atoms with van der Waals surface area (Å²) in [6.07, 6.45) is 2.88. The third-order valence-electron chi connectivity index (χ3n) is 5.38. The van der Waals surface area contributed by atoms with Gasteiger partial charge in [-0.25, -0.2) is 4.79 Å². The van der Waals surface area contributed by atoms with E-state index >= 15 is 0 Å². The van der Waals surface area contributed by atoms with Crippen LogP contribution in [0, 0.1) is 0 Å². The molecule has 0 saturated heterocycles. The normalized spacial score (nSPS) is 11.8. The minimum atomic E-state index is -1.12. The summed E-state index contributed by atoms with van der Waals surface area (Å²) in [6.45, 7) is 0.442. The zero-order valence-electron chi connectivity index (χ0n) is 19.3. The fourth-order valence-electron chi connectivity index (χ4n) is 3.49. The van der Waals surface area contributed by atoms with Crippen LogP contribution < -0.4 is 10.1 Å². The molecule has 4 rings (SSSR count). The van der Waals surface area contributed by atoms with Crippen LogP contribution in [0.2, 0.25) is 5.02 Å². The van der Waals surface area contributed by atoms with Crippen molar-refractivity contribution in [1.82, 2.24) is 5.32 Å². The third-order valence-corrected chi connectivity index (χ3v) is 5.63. The van der Waals surface area contributed by atoms with Gasteiger partial charge in [-0.3, -0.25) is 4.79 Å². The second kappa shape index (κ2) is 11.9. The van der Waals surface area contributed by atoms with E-state index in [1.807, 2.05) is 42.5 Å². The number of ether oxygens (including phenoxy) is 1. The fraction of sp³-hybridized carbons (Fsp3) is 0.103. The number of benzene rings is 3. The molecular formula is C29H24ClNO5. The van der Waals surface area contributed by atoms with E-state index in [1.54, 1.807) is 48.5 Å². The van der Waals surface area contributed by atoms with Crippen LogP contribution in [0.4, 0.5) is 0 Å². The maximum Gasteiger partial charge on any atom is 0.326 e. The molecule has 0 fully saturated rings. The Kier molecular flexibility index (Phi) is 8.21. The number of aliphatic carboxylic acids is 1. The maximum absolute atomic E-state index is 12.4. The molecule has 0 saturated carbocycles. The molecular weight excluding hydrogens is 478 g/mol. The minimum Gasteiger partial charge on any atom is -0.489 e. The molecule has 1 unspecified atom stereocenters. The smallest absolute Gasteiger partial charge is 0.326 e. The molecule has 2 N–H and O–H groups in total. The van der Waals surface area contributed by atoms with Crippen molar-refractivity contribution >= 4 is 29.6 Å². The van der Waals surface area contributed by atoms with Crippen LogP contribution in [0.15, 0.2) is 101 Å². The summed E-state index contributed by atoms with van der Waals surface area (Å²) in [5.74, 6) is 0.121. The van der Waals surface area contributed by atoms with Crippen LogP contribution in [0.25, 0.3) is 17.4 Å². The van der Waals surface area contributed by atoms with Gasteiger partial charge in [0.2, 0.25) is 5.91 Å². The van der Waals surface area contributed by atoms with Crippen molar-refractivity contribution in [2.75, 3.05) is 0 Å². The molecule has 182 valence electrons.